The predicted octanol–water partition coefficient (Wildman–Crippen LogP) is 4.61. The molecule has 1 unspecified atom stereocenters. The number of carbonyl (C=O) groups excluding carboxylic acids is 1. The van der Waals surface area contributed by atoms with E-state index in [1.807, 2.05) is 37.6 Å². The van der Waals surface area contributed by atoms with Gasteiger partial charge in [0.25, 0.3) is 0 Å². The quantitative estimate of drug-likeness (QED) is 0.622. The van der Waals surface area contributed by atoms with Crippen molar-refractivity contribution in [1.29, 1.82) is 0 Å². The van der Waals surface area contributed by atoms with E-state index in [9.17, 15) is 4.79 Å². The number of aryl methyl sites for hydroxylation is 1. The standard InChI is InChI=1S/C20H21Cl2N5O/c1-11-8-15(28)6-7-26(11)18-10-23-19-12(2)25-27(20(19)24-18)13(3)16-5-4-14(21)9-17(16)22/h4-5,9-11,13H,6-8H2,1-3H3/t11?,13-/m1/s1. The molecular formula is C20H21Cl2N5O. The molecule has 3 heterocycles. The SMILES string of the molecule is Cc1nn([C@H](C)c2ccc(Cl)cc2Cl)c2nc(N3CCC(=O)CC3C)cnc12. The minimum Gasteiger partial charge on any atom is -0.352 e. The van der Waals surface area contributed by atoms with E-state index in [4.69, 9.17) is 28.2 Å². The van der Waals surface area contributed by atoms with Crippen LogP contribution in [-0.2, 0) is 4.79 Å². The lowest BCUT2D eigenvalue weighted by molar-refractivity contribution is -0.120. The van der Waals surface area contributed by atoms with E-state index in [0.29, 0.717) is 40.9 Å². The van der Waals surface area contributed by atoms with E-state index in [2.05, 4.69) is 15.0 Å². The summed E-state index contributed by atoms with van der Waals surface area (Å²) in [7, 11) is 0. The second-order valence-corrected chi connectivity index (χ2v) is 8.15. The molecular weight excluding hydrogens is 397 g/mol. The number of rotatable bonds is 3. The molecule has 0 bridgehead atoms. The molecule has 0 radical (unpaired) electrons. The van der Waals surface area contributed by atoms with Crippen molar-refractivity contribution >= 4 is 46.0 Å². The minimum absolute atomic E-state index is 0.105. The molecule has 1 aliphatic heterocycles. The van der Waals surface area contributed by atoms with Gasteiger partial charge in [0, 0.05) is 35.5 Å². The van der Waals surface area contributed by atoms with E-state index in [1.165, 1.54) is 0 Å². The number of halogens is 2. The predicted molar refractivity (Wildman–Crippen MR) is 111 cm³/mol. The number of anilines is 1. The number of nitrogens with zero attached hydrogens (tertiary/aromatic N) is 5. The van der Waals surface area contributed by atoms with E-state index in [-0.39, 0.29) is 12.1 Å². The lowest BCUT2D eigenvalue weighted by Gasteiger charge is -2.33. The number of Topliss-reactive ketones (excluding diaryl/α,β-unsaturated/α-hetero) is 1. The van der Waals surface area contributed by atoms with E-state index >= 15 is 0 Å². The van der Waals surface area contributed by atoms with Crippen LogP contribution in [0.5, 0.6) is 0 Å². The number of piperidine rings is 1. The summed E-state index contributed by atoms with van der Waals surface area (Å²) in [4.78, 5) is 23.4. The second kappa shape index (κ2) is 7.33. The smallest absolute Gasteiger partial charge is 0.179 e. The maximum atomic E-state index is 11.7. The number of benzene rings is 1. The number of ketones is 1. The Morgan fingerprint density at radius 2 is 2.07 bits per heavy atom. The van der Waals surface area contributed by atoms with Crippen molar-refractivity contribution in [3.8, 4) is 0 Å². The summed E-state index contributed by atoms with van der Waals surface area (Å²) in [5, 5.41) is 5.86. The normalized spacial score (nSPS) is 18.7. The van der Waals surface area contributed by atoms with Crippen molar-refractivity contribution in [1.82, 2.24) is 19.7 Å². The van der Waals surface area contributed by atoms with Crippen LogP contribution in [0.3, 0.4) is 0 Å². The number of hydrogen-bond acceptors (Lipinski definition) is 5. The molecule has 2 aromatic heterocycles. The summed E-state index contributed by atoms with van der Waals surface area (Å²) in [6.07, 6.45) is 2.85. The molecule has 1 fully saturated rings. The maximum absolute atomic E-state index is 11.7. The average Bonchev–Trinajstić information content (AvgIpc) is 2.97. The van der Waals surface area contributed by atoms with Gasteiger partial charge >= 0.3 is 0 Å². The first-order valence-corrected chi connectivity index (χ1v) is 10.1. The van der Waals surface area contributed by atoms with Crippen LogP contribution < -0.4 is 4.90 Å². The highest BCUT2D eigenvalue weighted by Gasteiger charge is 2.26. The summed E-state index contributed by atoms with van der Waals surface area (Å²) in [6, 6.07) is 5.44. The molecule has 0 N–H and O–H groups in total. The molecule has 0 aliphatic carbocycles. The molecule has 0 spiro atoms. The van der Waals surface area contributed by atoms with Crippen LogP contribution in [0.25, 0.3) is 11.2 Å². The van der Waals surface area contributed by atoms with Crippen molar-refractivity contribution in [3.05, 3.63) is 45.7 Å². The van der Waals surface area contributed by atoms with Crippen molar-refractivity contribution in [3.63, 3.8) is 0 Å². The van der Waals surface area contributed by atoms with Crippen molar-refractivity contribution in [2.75, 3.05) is 11.4 Å². The fourth-order valence-corrected chi connectivity index (χ4v) is 4.34. The Morgan fingerprint density at radius 3 is 2.79 bits per heavy atom. The molecule has 28 heavy (non-hydrogen) atoms. The Hall–Kier alpha value is -2.18. The third-order valence-electron chi connectivity index (χ3n) is 5.32. The first-order valence-electron chi connectivity index (χ1n) is 9.30. The van der Waals surface area contributed by atoms with Gasteiger partial charge in [-0.3, -0.25) is 4.79 Å². The summed E-state index contributed by atoms with van der Waals surface area (Å²) in [6.45, 7) is 6.65. The molecule has 4 rings (SSSR count). The van der Waals surface area contributed by atoms with Gasteiger partial charge in [-0.1, -0.05) is 29.3 Å². The summed E-state index contributed by atoms with van der Waals surface area (Å²) in [5.74, 6) is 1.06. The van der Waals surface area contributed by atoms with Gasteiger partial charge in [0.1, 0.15) is 17.1 Å². The van der Waals surface area contributed by atoms with Crippen molar-refractivity contribution in [2.45, 2.75) is 45.7 Å². The Morgan fingerprint density at radius 1 is 1.29 bits per heavy atom. The van der Waals surface area contributed by atoms with Crippen LogP contribution in [-0.4, -0.2) is 38.1 Å². The molecule has 0 saturated carbocycles. The largest absolute Gasteiger partial charge is 0.352 e. The van der Waals surface area contributed by atoms with Gasteiger partial charge in [0.05, 0.1) is 17.9 Å². The third kappa shape index (κ3) is 3.35. The Bertz CT molecular complexity index is 1060. The highest BCUT2D eigenvalue weighted by Crippen LogP contribution is 2.31. The van der Waals surface area contributed by atoms with Crippen LogP contribution in [0.1, 0.15) is 44.0 Å². The van der Waals surface area contributed by atoms with Gasteiger partial charge < -0.3 is 4.90 Å². The Labute approximate surface area is 173 Å². The Balaban J connectivity index is 1.78. The molecule has 2 atom stereocenters. The zero-order valence-electron chi connectivity index (χ0n) is 16.0. The molecule has 8 heteroatoms. The first-order chi connectivity index (χ1) is 13.3. The summed E-state index contributed by atoms with van der Waals surface area (Å²) in [5.41, 5.74) is 3.20. The summed E-state index contributed by atoms with van der Waals surface area (Å²) >= 11 is 12.5. The van der Waals surface area contributed by atoms with Crippen LogP contribution in [0.15, 0.2) is 24.4 Å². The lowest BCUT2D eigenvalue weighted by atomic mass is 10.0. The number of aromatic nitrogens is 4. The second-order valence-electron chi connectivity index (χ2n) is 7.31. The van der Waals surface area contributed by atoms with Crippen molar-refractivity contribution in [2.24, 2.45) is 0 Å². The van der Waals surface area contributed by atoms with Gasteiger partial charge in [-0.2, -0.15) is 5.10 Å². The third-order valence-corrected chi connectivity index (χ3v) is 5.88. The van der Waals surface area contributed by atoms with Gasteiger partial charge in [-0.05, 0) is 38.5 Å². The maximum Gasteiger partial charge on any atom is 0.179 e. The molecule has 3 aromatic rings. The van der Waals surface area contributed by atoms with Crippen LogP contribution in [0.4, 0.5) is 5.82 Å². The molecule has 1 aromatic carbocycles. The molecule has 146 valence electrons. The van der Waals surface area contributed by atoms with Crippen molar-refractivity contribution < 1.29 is 4.79 Å². The fraction of sp³-hybridized carbons (Fsp3) is 0.400. The molecule has 6 nitrogen and oxygen atoms in total. The van der Waals surface area contributed by atoms with E-state index < -0.39 is 0 Å². The zero-order chi connectivity index (χ0) is 20.0. The molecule has 1 saturated heterocycles. The zero-order valence-corrected chi connectivity index (χ0v) is 17.5. The van der Waals surface area contributed by atoms with Gasteiger partial charge in [0.2, 0.25) is 0 Å². The van der Waals surface area contributed by atoms with Gasteiger partial charge in [-0.25, -0.2) is 14.6 Å². The molecule has 1 aliphatic rings. The number of carbonyl (C=O) groups is 1. The topological polar surface area (TPSA) is 63.9 Å². The van der Waals surface area contributed by atoms with E-state index in [1.54, 1.807) is 12.3 Å². The fourth-order valence-electron chi connectivity index (χ4n) is 3.77. The minimum atomic E-state index is -0.133. The summed E-state index contributed by atoms with van der Waals surface area (Å²) < 4.78 is 1.86. The Kier molecular flexibility index (Phi) is 5.02. The monoisotopic (exact) mass is 417 g/mol. The number of fused-ring (bicyclic) bond motifs is 1. The lowest BCUT2D eigenvalue weighted by Crippen LogP contribution is -2.41. The van der Waals surface area contributed by atoms with Gasteiger partial charge in [0.15, 0.2) is 5.65 Å². The molecule has 0 amide bonds. The van der Waals surface area contributed by atoms with Crippen LogP contribution in [0, 0.1) is 6.92 Å². The number of hydrogen-bond donors (Lipinski definition) is 0. The first kappa shape index (κ1) is 19.2. The van der Waals surface area contributed by atoms with Gasteiger partial charge in [-0.15, -0.1) is 0 Å². The van der Waals surface area contributed by atoms with E-state index in [0.717, 1.165) is 22.6 Å². The highest BCUT2D eigenvalue weighted by molar-refractivity contribution is 6.35. The van der Waals surface area contributed by atoms with Crippen LogP contribution in [0.2, 0.25) is 10.0 Å². The highest BCUT2D eigenvalue weighted by atomic mass is 35.5. The van der Waals surface area contributed by atoms with Crippen LogP contribution >= 0.6 is 23.2 Å². The average molecular weight is 418 g/mol.